The predicted molar refractivity (Wildman–Crippen MR) is 92.9 cm³/mol. The molecular weight excluding hydrogens is 318 g/mol. The molecule has 1 aromatic heterocycles. The highest BCUT2D eigenvalue weighted by molar-refractivity contribution is 6.02. The third kappa shape index (κ3) is 3.13. The Hall–Kier alpha value is -2.37. The maximum atomic E-state index is 12.2. The minimum atomic E-state index is -0.583. The van der Waals surface area contributed by atoms with Crippen LogP contribution in [0, 0.1) is 17.8 Å². The lowest BCUT2D eigenvalue weighted by Gasteiger charge is -2.28. The summed E-state index contributed by atoms with van der Waals surface area (Å²) in [6, 6.07) is 7.46. The molecule has 132 valence electrons. The van der Waals surface area contributed by atoms with Gasteiger partial charge < -0.3 is 10.1 Å². The molecule has 0 radical (unpaired) electrons. The van der Waals surface area contributed by atoms with Crippen LogP contribution in [0.25, 0.3) is 10.9 Å². The number of esters is 1. The molecule has 25 heavy (non-hydrogen) atoms. The van der Waals surface area contributed by atoms with Gasteiger partial charge in [-0.3, -0.25) is 9.89 Å². The summed E-state index contributed by atoms with van der Waals surface area (Å²) in [5.41, 5.74) is 0.980. The van der Waals surface area contributed by atoms with Crippen molar-refractivity contribution in [2.75, 3.05) is 6.61 Å². The number of carbonyl (C=O) groups excluding carboxylic acids is 2. The van der Waals surface area contributed by atoms with Crippen LogP contribution in [-0.4, -0.2) is 34.7 Å². The zero-order valence-corrected chi connectivity index (χ0v) is 14.3. The lowest BCUT2D eigenvalue weighted by Crippen LogP contribution is -2.42. The third-order valence-corrected chi connectivity index (χ3v) is 5.82. The summed E-state index contributed by atoms with van der Waals surface area (Å²) in [6.45, 7) is 1.79. The van der Waals surface area contributed by atoms with Gasteiger partial charge in [0, 0.05) is 11.4 Å². The van der Waals surface area contributed by atoms with E-state index in [0.29, 0.717) is 11.3 Å². The molecule has 6 heteroatoms. The van der Waals surface area contributed by atoms with E-state index in [1.807, 2.05) is 18.2 Å². The fraction of sp³-hybridized carbons (Fsp3) is 0.526. The standard InChI is InChI=1S/C19H23N3O3/c1-11(15-9-12-6-7-13(15)8-12)20-17(23)10-25-19(24)18-14-4-2-3-5-16(14)21-22-18/h2-5,11-13,15H,6-10H2,1H3,(H,20,23)(H,21,22)/t11-,12+,13+,15-/m1/s1. The van der Waals surface area contributed by atoms with Crippen molar-refractivity contribution in [3.05, 3.63) is 30.0 Å². The minimum Gasteiger partial charge on any atom is -0.451 e. The molecule has 6 nitrogen and oxygen atoms in total. The average molecular weight is 341 g/mol. The average Bonchev–Trinajstić information content (AvgIpc) is 3.34. The highest BCUT2D eigenvalue weighted by atomic mass is 16.5. The molecule has 1 aromatic carbocycles. The number of amides is 1. The molecule has 4 rings (SSSR count). The summed E-state index contributed by atoms with van der Waals surface area (Å²) in [5, 5.41) is 10.5. The van der Waals surface area contributed by atoms with Crippen LogP contribution in [0.1, 0.15) is 43.1 Å². The molecule has 1 amide bonds. The molecule has 0 unspecified atom stereocenters. The van der Waals surface area contributed by atoms with Gasteiger partial charge in [0.2, 0.25) is 0 Å². The first-order valence-electron chi connectivity index (χ1n) is 9.01. The number of para-hydroxylation sites is 1. The lowest BCUT2D eigenvalue weighted by atomic mass is 9.84. The predicted octanol–water partition coefficient (Wildman–Crippen LogP) is 2.66. The molecule has 2 saturated carbocycles. The van der Waals surface area contributed by atoms with Gasteiger partial charge >= 0.3 is 5.97 Å². The molecule has 1 heterocycles. The Morgan fingerprint density at radius 3 is 2.92 bits per heavy atom. The summed E-state index contributed by atoms with van der Waals surface area (Å²) in [4.78, 5) is 24.3. The van der Waals surface area contributed by atoms with E-state index in [-0.39, 0.29) is 24.2 Å². The number of hydrogen-bond donors (Lipinski definition) is 2. The molecule has 2 bridgehead atoms. The second-order valence-corrected chi connectivity index (χ2v) is 7.39. The first-order chi connectivity index (χ1) is 12.1. The Balaban J connectivity index is 1.30. The van der Waals surface area contributed by atoms with Crippen LogP contribution in [0.3, 0.4) is 0 Å². The SMILES string of the molecule is C[C@@H](NC(=O)COC(=O)c1n[nH]c2ccccc12)[C@H]1C[C@H]2CC[C@H]1C2. The summed E-state index contributed by atoms with van der Waals surface area (Å²) >= 11 is 0. The van der Waals surface area contributed by atoms with E-state index >= 15 is 0 Å². The van der Waals surface area contributed by atoms with Crippen molar-refractivity contribution in [2.45, 2.75) is 38.6 Å². The van der Waals surface area contributed by atoms with Crippen LogP contribution in [0.5, 0.6) is 0 Å². The molecule has 0 saturated heterocycles. The van der Waals surface area contributed by atoms with Gasteiger partial charge in [0.1, 0.15) is 0 Å². The van der Waals surface area contributed by atoms with E-state index < -0.39 is 5.97 Å². The number of benzene rings is 1. The minimum absolute atomic E-state index is 0.132. The highest BCUT2D eigenvalue weighted by Gasteiger charge is 2.42. The van der Waals surface area contributed by atoms with Crippen LogP contribution in [0.4, 0.5) is 0 Å². The largest absolute Gasteiger partial charge is 0.451 e. The van der Waals surface area contributed by atoms with Gasteiger partial charge in [0.25, 0.3) is 5.91 Å². The summed E-state index contributed by atoms with van der Waals surface area (Å²) in [5.74, 6) is 1.33. The maximum absolute atomic E-state index is 12.2. The van der Waals surface area contributed by atoms with Crippen LogP contribution < -0.4 is 5.32 Å². The number of aromatic nitrogens is 2. The van der Waals surface area contributed by atoms with Gasteiger partial charge in [-0.1, -0.05) is 24.6 Å². The number of rotatable bonds is 5. The van der Waals surface area contributed by atoms with Gasteiger partial charge in [-0.25, -0.2) is 4.79 Å². The smallest absolute Gasteiger partial charge is 0.359 e. The first kappa shape index (κ1) is 16.1. The Morgan fingerprint density at radius 2 is 2.16 bits per heavy atom. The zero-order valence-electron chi connectivity index (χ0n) is 14.3. The maximum Gasteiger partial charge on any atom is 0.359 e. The Bertz CT molecular complexity index is 800. The van der Waals surface area contributed by atoms with Crippen molar-refractivity contribution < 1.29 is 14.3 Å². The Labute approximate surface area is 146 Å². The molecule has 2 fully saturated rings. The molecule has 0 aliphatic heterocycles. The molecule has 2 aliphatic carbocycles. The summed E-state index contributed by atoms with van der Waals surface area (Å²) in [7, 11) is 0. The quantitative estimate of drug-likeness (QED) is 0.819. The fourth-order valence-corrected chi connectivity index (χ4v) is 4.63. The Morgan fingerprint density at radius 1 is 1.32 bits per heavy atom. The number of H-pyrrole nitrogens is 1. The second kappa shape index (κ2) is 6.50. The van der Waals surface area contributed by atoms with Crippen LogP contribution in [0.2, 0.25) is 0 Å². The lowest BCUT2D eigenvalue weighted by molar-refractivity contribution is -0.125. The van der Waals surface area contributed by atoms with Crippen molar-refractivity contribution in [1.29, 1.82) is 0 Å². The van der Waals surface area contributed by atoms with Gasteiger partial charge in [-0.2, -0.15) is 5.10 Å². The molecular formula is C19H23N3O3. The number of hydrogen-bond acceptors (Lipinski definition) is 4. The fourth-order valence-electron chi connectivity index (χ4n) is 4.63. The van der Waals surface area contributed by atoms with Gasteiger partial charge in [0.15, 0.2) is 12.3 Å². The Kier molecular flexibility index (Phi) is 4.19. The molecule has 2 aliphatic rings. The van der Waals surface area contributed by atoms with Crippen LogP contribution in [-0.2, 0) is 9.53 Å². The summed E-state index contributed by atoms with van der Waals surface area (Å²) < 4.78 is 5.15. The van der Waals surface area contributed by atoms with Gasteiger partial charge in [0.05, 0.1) is 5.52 Å². The van der Waals surface area contributed by atoms with E-state index in [1.54, 1.807) is 6.07 Å². The topological polar surface area (TPSA) is 84.1 Å². The third-order valence-electron chi connectivity index (χ3n) is 5.82. The first-order valence-corrected chi connectivity index (χ1v) is 9.01. The van der Waals surface area contributed by atoms with Crippen LogP contribution >= 0.6 is 0 Å². The second-order valence-electron chi connectivity index (χ2n) is 7.39. The monoisotopic (exact) mass is 341 g/mol. The number of nitrogens with zero attached hydrogens (tertiary/aromatic N) is 1. The van der Waals surface area contributed by atoms with Crippen molar-refractivity contribution in [3.63, 3.8) is 0 Å². The van der Waals surface area contributed by atoms with E-state index in [2.05, 4.69) is 22.4 Å². The number of carbonyl (C=O) groups is 2. The molecule has 0 spiro atoms. The molecule has 2 N–H and O–H groups in total. The van der Waals surface area contributed by atoms with Crippen molar-refractivity contribution in [3.8, 4) is 0 Å². The number of fused-ring (bicyclic) bond motifs is 3. The van der Waals surface area contributed by atoms with E-state index in [0.717, 1.165) is 17.4 Å². The molecule has 2 aromatic rings. The number of ether oxygens (including phenoxy) is 1. The molecule has 4 atom stereocenters. The normalized spacial score (nSPS) is 25.9. The van der Waals surface area contributed by atoms with Crippen molar-refractivity contribution >= 4 is 22.8 Å². The van der Waals surface area contributed by atoms with Crippen molar-refractivity contribution in [2.24, 2.45) is 17.8 Å². The van der Waals surface area contributed by atoms with E-state index in [1.165, 1.54) is 25.7 Å². The van der Waals surface area contributed by atoms with Gasteiger partial charge in [-0.05, 0) is 50.0 Å². The summed E-state index contributed by atoms with van der Waals surface area (Å²) in [6.07, 6.45) is 5.16. The van der Waals surface area contributed by atoms with Crippen LogP contribution in [0.15, 0.2) is 24.3 Å². The number of nitrogens with one attached hydrogen (secondary N) is 2. The van der Waals surface area contributed by atoms with E-state index in [4.69, 9.17) is 4.74 Å². The highest BCUT2D eigenvalue weighted by Crippen LogP contribution is 2.49. The number of aromatic amines is 1. The van der Waals surface area contributed by atoms with Crippen molar-refractivity contribution in [1.82, 2.24) is 15.5 Å². The van der Waals surface area contributed by atoms with E-state index in [9.17, 15) is 9.59 Å². The van der Waals surface area contributed by atoms with Gasteiger partial charge in [-0.15, -0.1) is 0 Å². The zero-order chi connectivity index (χ0) is 17.4.